The van der Waals surface area contributed by atoms with E-state index in [-0.39, 0.29) is 19.1 Å². The highest BCUT2D eigenvalue weighted by Crippen LogP contribution is 2.19. The Bertz CT molecular complexity index is 468. The molecule has 0 amide bonds. The molecule has 94 valence electrons. The lowest BCUT2D eigenvalue weighted by Gasteiger charge is -2.10. The molecule has 0 aliphatic rings. The summed E-state index contributed by atoms with van der Waals surface area (Å²) < 4.78 is 5.83. The predicted octanol–water partition coefficient (Wildman–Crippen LogP) is 1.58. The summed E-state index contributed by atoms with van der Waals surface area (Å²) in [7, 11) is 0. The van der Waals surface area contributed by atoms with E-state index in [1.54, 1.807) is 6.92 Å². The second kappa shape index (κ2) is 5.82. The third-order valence-electron chi connectivity index (χ3n) is 2.11. The van der Waals surface area contributed by atoms with Crippen LogP contribution >= 0.6 is 11.6 Å². The van der Waals surface area contributed by atoms with Gasteiger partial charge in [-0.25, -0.2) is 4.68 Å². The van der Waals surface area contributed by atoms with E-state index in [0.29, 0.717) is 10.7 Å². The van der Waals surface area contributed by atoms with Crippen LogP contribution in [0, 0.1) is 0 Å². The Hall–Kier alpha value is -1.36. The van der Waals surface area contributed by atoms with Gasteiger partial charge in [0, 0.05) is 6.07 Å². The fourth-order valence-corrected chi connectivity index (χ4v) is 1.67. The number of aromatic nitrogens is 2. The predicted molar refractivity (Wildman–Crippen MR) is 64.2 cm³/mol. The molecule has 1 heterocycles. The summed E-state index contributed by atoms with van der Waals surface area (Å²) in [4.78, 5) is 22.8. The molecule has 1 aromatic rings. The van der Waals surface area contributed by atoms with E-state index >= 15 is 0 Å². The van der Waals surface area contributed by atoms with Crippen LogP contribution in [0.25, 0.3) is 0 Å². The lowest BCUT2D eigenvalue weighted by atomic mass is 10.1. The summed E-state index contributed by atoms with van der Waals surface area (Å²) in [6.07, 6.45) is 0. The summed E-state index contributed by atoms with van der Waals surface area (Å²) in [5, 5.41) is 4.39. The molecule has 17 heavy (non-hydrogen) atoms. The minimum Gasteiger partial charge on any atom is -0.465 e. The maximum atomic E-state index is 11.6. The molecule has 0 aliphatic carbocycles. The number of hydrogen-bond acceptors (Lipinski definition) is 4. The Morgan fingerprint density at radius 2 is 2.24 bits per heavy atom. The van der Waals surface area contributed by atoms with Crippen molar-refractivity contribution >= 4 is 17.6 Å². The SMILES string of the molecule is CCOC(=O)Cn1nc(C(C)C)c(Cl)cc1=O. The molecule has 5 nitrogen and oxygen atoms in total. The molecule has 1 aromatic heterocycles. The normalized spacial score (nSPS) is 10.6. The molecule has 0 saturated carbocycles. The molecule has 0 spiro atoms. The van der Waals surface area contributed by atoms with Gasteiger partial charge in [-0.1, -0.05) is 25.4 Å². The first-order chi connectivity index (χ1) is 7.95. The van der Waals surface area contributed by atoms with Gasteiger partial charge in [-0.2, -0.15) is 5.10 Å². The Morgan fingerprint density at radius 3 is 2.76 bits per heavy atom. The molecule has 0 aromatic carbocycles. The minimum atomic E-state index is -0.487. The van der Waals surface area contributed by atoms with E-state index in [0.717, 1.165) is 4.68 Å². The molecule has 6 heteroatoms. The van der Waals surface area contributed by atoms with Gasteiger partial charge in [0.2, 0.25) is 0 Å². The number of carbonyl (C=O) groups is 1. The maximum Gasteiger partial charge on any atom is 0.327 e. The molecule has 0 fully saturated rings. The van der Waals surface area contributed by atoms with Crippen molar-refractivity contribution in [3.8, 4) is 0 Å². The van der Waals surface area contributed by atoms with Crippen molar-refractivity contribution in [2.75, 3.05) is 6.61 Å². The largest absolute Gasteiger partial charge is 0.465 e. The van der Waals surface area contributed by atoms with Gasteiger partial charge in [-0.15, -0.1) is 0 Å². The van der Waals surface area contributed by atoms with Crippen LogP contribution in [0.3, 0.4) is 0 Å². The maximum absolute atomic E-state index is 11.6. The third kappa shape index (κ3) is 3.56. The number of rotatable bonds is 4. The van der Waals surface area contributed by atoms with Gasteiger partial charge in [0.25, 0.3) is 5.56 Å². The Balaban J connectivity index is 3.04. The van der Waals surface area contributed by atoms with Crippen molar-refractivity contribution in [2.24, 2.45) is 0 Å². The second-order valence-corrected chi connectivity index (χ2v) is 4.24. The standard InChI is InChI=1S/C11H15ClN2O3/c1-4-17-10(16)6-14-9(15)5-8(12)11(13-14)7(2)3/h5,7H,4,6H2,1-3H3. The zero-order valence-corrected chi connectivity index (χ0v) is 10.8. The average Bonchev–Trinajstić information content (AvgIpc) is 2.21. The van der Waals surface area contributed by atoms with E-state index in [1.807, 2.05) is 13.8 Å². The molecule has 1 rings (SSSR count). The Labute approximate surface area is 104 Å². The number of halogens is 1. The van der Waals surface area contributed by atoms with Crippen LogP contribution in [0.4, 0.5) is 0 Å². The first-order valence-electron chi connectivity index (χ1n) is 5.38. The summed E-state index contributed by atoms with van der Waals surface area (Å²) in [5.41, 5.74) is 0.183. The van der Waals surface area contributed by atoms with Gasteiger partial charge >= 0.3 is 5.97 Å². The Kier molecular flexibility index (Phi) is 4.69. The van der Waals surface area contributed by atoms with Gasteiger partial charge < -0.3 is 4.74 Å². The molecule has 0 saturated heterocycles. The number of nitrogens with zero attached hydrogens (tertiary/aromatic N) is 2. The number of hydrogen-bond donors (Lipinski definition) is 0. The molecular formula is C11H15ClN2O3. The molecule has 0 aliphatic heterocycles. The summed E-state index contributed by atoms with van der Waals surface area (Å²) in [5.74, 6) is -0.407. The highest BCUT2D eigenvalue weighted by molar-refractivity contribution is 6.31. The van der Waals surface area contributed by atoms with E-state index in [2.05, 4.69) is 5.10 Å². The fraction of sp³-hybridized carbons (Fsp3) is 0.545. The van der Waals surface area contributed by atoms with Crippen molar-refractivity contribution in [3.63, 3.8) is 0 Å². The fourth-order valence-electron chi connectivity index (χ4n) is 1.32. The first kappa shape index (κ1) is 13.7. The molecular weight excluding hydrogens is 244 g/mol. The second-order valence-electron chi connectivity index (χ2n) is 3.83. The first-order valence-corrected chi connectivity index (χ1v) is 5.76. The van der Waals surface area contributed by atoms with E-state index in [4.69, 9.17) is 16.3 Å². The van der Waals surface area contributed by atoms with E-state index in [9.17, 15) is 9.59 Å². The van der Waals surface area contributed by atoms with Crippen LogP contribution in [-0.2, 0) is 16.1 Å². The highest BCUT2D eigenvalue weighted by Gasteiger charge is 2.12. The number of carbonyl (C=O) groups excluding carboxylic acids is 1. The van der Waals surface area contributed by atoms with Crippen LogP contribution in [-0.4, -0.2) is 22.4 Å². The van der Waals surface area contributed by atoms with E-state index in [1.165, 1.54) is 6.07 Å². The zero-order chi connectivity index (χ0) is 13.0. The molecule has 0 radical (unpaired) electrons. The van der Waals surface area contributed by atoms with Crippen LogP contribution in [0.5, 0.6) is 0 Å². The van der Waals surface area contributed by atoms with Gasteiger partial charge in [-0.05, 0) is 12.8 Å². The average molecular weight is 259 g/mol. The van der Waals surface area contributed by atoms with Crippen molar-refractivity contribution < 1.29 is 9.53 Å². The van der Waals surface area contributed by atoms with E-state index < -0.39 is 11.5 Å². The van der Waals surface area contributed by atoms with Gasteiger partial charge in [-0.3, -0.25) is 9.59 Å². The lowest BCUT2D eigenvalue weighted by molar-refractivity contribution is -0.144. The summed E-state index contributed by atoms with van der Waals surface area (Å²) in [6.45, 7) is 5.61. The molecule has 0 bridgehead atoms. The zero-order valence-electron chi connectivity index (χ0n) is 10.1. The molecule has 0 N–H and O–H groups in total. The van der Waals surface area contributed by atoms with Crippen LogP contribution in [0.15, 0.2) is 10.9 Å². The number of ether oxygens (including phenoxy) is 1. The van der Waals surface area contributed by atoms with Gasteiger partial charge in [0.15, 0.2) is 0 Å². The lowest BCUT2D eigenvalue weighted by Crippen LogP contribution is -2.28. The smallest absolute Gasteiger partial charge is 0.327 e. The molecule has 0 unspecified atom stereocenters. The number of esters is 1. The minimum absolute atomic E-state index is 0.0801. The summed E-state index contributed by atoms with van der Waals surface area (Å²) >= 11 is 5.90. The Morgan fingerprint density at radius 1 is 1.59 bits per heavy atom. The van der Waals surface area contributed by atoms with Gasteiger partial charge in [0.1, 0.15) is 6.54 Å². The third-order valence-corrected chi connectivity index (χ3v) is 2.41. The van der Waals surface area contributed by atoms with Crippen LogP contribution in [0.1, 0.15) is 32.4 Å². The topological polar surface area (TPSA) is 61.2 Å². The van der Waals surface area contributed by atoms with Crippen molar-refractivity contribution in [1.29, 1.82) is 0 Å². The summed E-state index contributed by atoms with van der Waals surface area (Å²) in [6, 6.07) is 1.27. The van der Waals surface area contributed by atoms with Gasteiger partial charge in [0.05, 0.1) is 17.3 Å². The van der Waals surface area contributed by atoms with Crippen molar-refractivity contribution in [3.05, 3.63) is 27.1 Å². The monoisotopic (exact) mass is 258 g/mol. The quantitative estimate of drug-likeness (QED) is 0.770. The highest BCUT2D eigenvalue weighted by atomic mass is 35.5. The molecule has 0 atom stereocenters. The van der Waals surface area contributed by atoms with Crippen molar-refractivity contribution in [2.45, 2.75) is 33.2 Å². The van der Waals surface area contributed by atoms with Crippen LogP contribution in [0.2, 0.25) is 5.02 Å². The van der Waals surface area contributed by atoms with Crippen molar-refractivity contribution in [1.82, 2.24) is 9.78 Å². The van der Waals surface area contributed by atoms with Crippen LogP contribution < -0.4 is 5.56 Å².